The van der Waals surface area contributed by atoms with Gasteiger partial charge in [-0.3, -0.25) is 9.69 Å². The molecule has 1 N–H and O–H groups in total. The van der Waals surface area contributed by atoms with Crippen molar-refractivity contribution in [3.8, 4) is 0 Å². The molecule has 1 aromatic heterocycles. The van der Waals surface area contributed by atoms with E-state index in [1.165, 1.54) is 6.42 Å². The third-order valence-electron chi connectivity index (χ3n) is 4.02. The van der Waals surface area contributed by atoms with Crippen LogP contribution in [0.3, 0.4) is 0 Å². The molecule has 20 heavy (non-hydrogen) atoms. The molecule has 0 unspecified atom stereocenters. The fourth-order valence-corrected chi connectivity index (χ4v) is 3.03. The van der Waals surface area contributed by atoms with Crippen LogP contribution in [0.4, 0.5) is 0 Å². The van der Waals surface area contributed by atoms with E-state index in [1.54, 1.807) is 11.3 Å². The Balaban J connectivity index is 1.64. The molecule has 0 aromatic carbocycles. The second-order valence-corrected chi connectivity index (χ2v) is 6.80. The fourth-order valence-electron chi connectivity index (χ4n) is 2.22. The Morgan fingerprint density at radius 1 is 1.50 bits per heavy atom. The van der Waals surface area contributed by atoms with E-state index in [9.17, 15) is 4.79 Å². The molecule has 2 rings (SSSR count). The number of carbonyl (C=O) groups excluding carboxylic acids is 1. The van der Waals surface area contributed by atoms with E-state index in [2.05, 4.69) is 34.4 Å². The van der Waals surface area contributed by atoms with Gasteiger partial charge in [0.25, 0.3) is 0 Å². The molecule has 0 aliphatic heterocycles. The second-order valence-electron chi connectivity index (χ2n) is 5.59. The Kier molecular flexibility index (Phi) is 5.48. The van der Waals surface area contributed by atoms with Crippen LogP contribution in [0, 0.1) is 12.8 Å². The van der Waals surface area contributed by atoms with Gasteiger partial charge >= 0.3 is 0 Å². The first-order valence-corrected chi connectivity index (χ1v) is 8.17. The number of amides is 1. The topological polar surface area (TPSA) is 58.1 Å². The highest BCUT2D eigenvalue weighted by Crippen LogP contribution is 2.26. The van der Waals surface area contributed by atoms with Crippen molar-refractivity contribution < 1.29 is 4.79 Å². The highest BCUT2D eigenvalue weighted by Gasteiger charge is 2.24. The van der Waals surface area contributed by atoms with Crippen molar-refractivity contribution in [2.24, 2.45) is 5.92 Å². The average molecular weight is 296 g/mol. The van der Waals surface area contributed by atoms with E-state index in [4.69, 9.17) is 0 Å². The van der Waals surface area contributed by atoms with Crippen molar-refractivity contribution in [1.29, 1.82) is 0 Å². The highest BCUT2D eigenvalue weighted by molar-refractivity contribution is 7.11. The van der Waals surface area contributed by atoms with Gasteiger partial charge in [0.15, 0.2) is 0 Å². The number of hydrogen-bond donors (Lipinski definition) is 1. The number of carbonyl (C=O) groups is 1. The minimum atomic E-state index is 0.242. The normalized spacial score (nSPS) is 17.0. The molecule has 0 spiro atoms. The smallest absolute Gasteiger partial charge is 0.223 e. The summed E-state index contributed by atoms with van der Waals surface area (Å²) in [6, 6.07) is 0.281. The number of aryl methyl sites for hydroxylation is 1. The summed E-state index contributed by atoms with van der Waals surface area (Å²) in [5, 5.41) is 13.4. The van der Waals surface area contributed by atoms with Crippen molar-refractivity contribution in [3.63, 3.8) is 0 Å². The van der Waals surface area contributed by atoms with E-state index < -0.39 is 0 Å². The van der Waals surface area contributed by atoms with Crippen LogP contribution in [0.25, 0.3) is 0 Å². The van der Waals surface area contributed by atoms with Gasteiger partial charge in [0, 0.05) is 19.0 Å². The summed E-state index contributed by atoms with van der Waals surface area (Å²) >= 11 is 1.65. The lowest BCUT2D eigenvalue weighted by Gasteiger charge is -2.25. The van der Waals surface area contributed by atoms with Crippen molar-refractivity contribution in [1.82, 2.24) is 20.4 Å². The van der Waals surface area contributed by atoms with Crippen molar-refractivity contribution in [3.05, 3.63) is 10.0 Å². The zero-order valence-electron chi connectivity index (χ0n) is 12.6. The molecule has 1 heterocycles. The third kappa shape index (κ3) is 3.99. The molecule has 1 aromatic rings. The summed E-state index contributed by atoms with van der Waals surface area (Å²) in [5.41, 5.74) is 0. The summed E-state index contributed by atoms with van der Waals surface area (Å²) in [4.78, 5) is 13.9. The lowest BCUT2D eigenvalue weighted by atomic mass is 9.85. The number of nitrogens with one attached hydrogen (secondary N) is 1. The van der Waals surface area contributed by atoms with E-state index in [1.807, 2.05) is 6.92 Å². The minimum absolute atomic E-state index is 0.242. The lowest BCUT2D eigenvalue weighted by Crippen LogP contribution is -2.36. The highest BCUT2D eigenvalue weighted by atomic mass is 32.1. The van der Waals surface area contributed by atoms with Gasteiger partial charge in [0.1, 0.15) is 10.0 Å². The Morgan fingerprint density at radius 2 is 2.25 bits per heavy atom. The van der Waals surface area contributed by atoms with Crippen LogP contribution in [-0.4, -0.2) is 41.1 Å². The monoisotopic (exact) mass is 296 g/mol. The molecule has 1 aliphatic carbocycles. The third-order valence-corrected chi connectivity index (χ3v) is 5.03. The molecule has 1 saturated carbocycles. The van der Waals surface area contributed by atoms with Gasteiger partial charge in [0.2, 0.25) is 5.91 Å². The molecular formula is C14H24N4OS. The van der Waals surface area contributed by atoms with Gasteiger partial charge in [-0.25, -0.2) is 0 Å². The largest absolute Gasteiger partial charge is 0.356 e. The maximum atomic E-state index is 11.7. The van der Waals surface area contributed by atoms with E-state index in [-0.39, 0.29) is 17.9 Å². The van der Waals surface area contributed by atoms with Gasteiger partial charge in [-0.2, -0.15) is 0 Å². The van der Waals surface area contributed by atoms with Crippen LogP contribution >= 0.6 is 11.3 Å². The summed E-state index contributed by atoms with van der Waals surface area (Å²) in [5.74, 6) is 0.530. The zero-order valence-corrected chi connectivity index (χ0v) is 13.4. The van der Waals surface area contributed by atoms with Gasteiger partial charge < -0.3 is 5.32 Å². The van der Waals surface area contributed by atoms with E-state index in [0.717, 1.165) is 42.4 Å². The van der Waals surface area contributed by atoms with Crippen LogP contribution < -0.4 is 5.32 Å². The molecule has 0 radical (unpaired) electrons. The molecule has 6 heteroatoms. The summed E-state index contributed by atoms with van der Waals surface area (Å²) in [6.45, 7) is 5.84. The predicted octanol–water partition coefficient (Wildman–Crippen LogP) is 2.15. The van der Waals surface area contributed by atoms with Crippen LogP contribution in [0.1, 0.15) is 48.7 Å². The lowest BCUT2D eigenvalue weighted by molar-refractivity contribution is -0.127. The first-order chi connectivity index (χ1) is 9.58. The molecule has 1 aliphatic rings. The molecule has 5 nitrogen and oxygen atoms in total. The molecule has 1 atom stereocenters. The van der Waals surface area contributed by atoms with Crippen molar-refractivity contribution >= 4 is 17.2 Å². The Hall–Kier alpha value is -1.01. The van der Waals surface area contributed by atoms with Crippen molar-refractivity contribution in [2.45, 2.75) is 45.6 Å². The van der Waals surface area contributed by atoms with Gasteiger partial charge in [-0.1, -0.05) is 6.42 Å². The second kappa shape index (κ2) is 7.13. The standard InChI is InChI=1S/C14H24N4OS/c1-10(14-17-16-11(2)20-14)18(3)9-5-8-15-13(19)12-6-4-7-12/h10,12H,4-9H2,1-3H3,(H,15,19)/t10-/m1/s1. The average Bonchev–Trinajstić information content (AvgIpc) is 2.78. The van der Waals surface area contributed by atoms with Gasteiger partial charge in [0.05, 0.1) is 6.04 Å². The number of aromatic nitrogens is 2. The predicted molar refractivity (Wildman–Crippen MR) is 80.7 cm³/mol. The van der Waals surface area contributed by atoms with E-state index in [0.29, 0.717) is 0 Å². The van der Waals surface area contributed by atoms with Gasteiger partial charge in [-0.15, -0.1) is 21.5 Å². The van der Waals surface area contributed by atoms with Crippen LogP contribution in [0.15, 0.2) is 0 Å². The van der Waals surface area contributed by atoms with E-state index >= 15 is 0 Å². The Morgan fingerprint density at radius 3 is 2.80 bits per heavy atom. The Labute approximate surface area is 124 Å². The van der Waals surface area contributed by atoms with Gasteiger partial charge in [-0.05, 0) is 40.2 Å². The molecule has 1 amide bonds. The zero-order chi connectivity index (χ0) is 14.5. The van der Waals surface area contributed by atoms with Crippen LogP contribution in [-0.2, 0) is 4.79 Å². The minimum Gasteiger partial charge on any atom is -0.356 e. The van der Waals surface area contributed by atoms with Crippen LogP contribution in [0.2, 0.25) is 0 Å². The molecular weight excluding hydrogens is 272 g/mol. The fraction of sp³-hybridized carbons (Fsp3) is 0.786. The summed E-state index contributed by atoms with van der Waals surface area (Å²) in [6.07, 6.45) is 4.31. The summed E-state index contributed by atoms with van der Waals surface area (Å²) in [7, 11) is 2.09. The maximum Gasteiger partial charge on any atom is 0.223 e. The molecule has 0 saturated heterocycles. The first-order valence-electron chi connectivity index (χ1n) is 7.36. The quantitative estimate of drug-likeness (QED) is 0.783. The number of rotatable bonds is 7. The Bertz CT molecular complexity index is 444. The number of hydrogen-bond acceptors (Lipinski definition) is 5. The SMILES string of the molecule is Cc1nnc([C@@H](C)N(C)CCCNC(=O)C2CCC2)s1. The number of nitrogens with zero attached hydrogens (tertiary/aromatic N) is 3. The van der Waals surface area contributed by atoms with Crippen LogP contribution in [0.5, 0.6) is 0 Å². The maximum absolute atomic E-state index is 11.7. The summed E-state index contributed by atoms with van der Waals surface area (Å²) < 4.78 is 0. The first kappa shape index (κ1) is 15.4. The van der Waals surface area contributed by atoms with Crippen molar-refractivity contribution in [2.75, 3.05) is 20.1 Å². The molecule has 1 fully saturated rings. The molecule has 112 valence electrons. The molecule has 0 bridgehead atoms.